The number of rotatable bonds is 3. The Morgan fingerprint density at radius 1 is 1.00 bits per heavy atom. The van der Waals surface area contributed by atoms with E-state index in [1.807, 2.05) is 38.2 Å². The van der Waals surface area contributed by atoms with Crippen LogP contribution in [0.2, 0.25) is 5.02 Å². The molecule has 0 atom stereocenters. The van der Waals surface area contributed by atoms with Crippen molar-refractivity contribution in [1.82, 2.24) is 0 Å². The fourth-order valence-electron chi connectivity index (χ4n) is 1.97. The van der Waals surface area contributed by atoms with Crippen LogP contribution in [0.4, 0.5) is 17.1 Å². The molecule has 0 radical (unpaired) electrons. The second kappa shape index (κ2) is 5.32. The zero-order valence-corrected chi connectivity index (χ0v) is 11.6. The topological polar surface area (TPSA) is 24.1 Å². The molecule has 0 spiro atoms. The maximum Gasteiger partial charge on any atom is 0.0646 e. The zero-order valence-electron chi connectivity index (χ0n) is 10.8. The summed E-state index contributed by atoms with van der Waals surface area (Å²) in [5.74, 6) is 0. The van der Waals surface area contributed by atoms with Crippen molar-refractivity contribution >= 4 is 28.7 Å². The first-order valence-corrected chi connectivity index (χ1v) is 6.29. The van der Waals surface area contributed by atoms with Crippen molar-refractivity contribution in [2.24, 2.45) is 0 Å². The first-order chi connectivity index (χ1) is 8.60. The molecule has 0 bridgehead atoms. The van der Waals surface area contributed by atoms with Crippen molar-refractivity contribution in [3.05, 3.63) is 52.5 Å². The Labute approximate surface area is 113 Å². The van der Waals surface area contributed by atoms with Crippen molar-refractivity contribution in [2.45, 2.75) is 13.8 Å². The molecule has 94 valence electrons. The van der Waals surface area contributed by atoms with Crippen LogP contribution >= 0.6 is 11.6 Å². The highest BCUT2D eigenvalue weighted by molar-refractivity contribution is 6.33. The summed E-state index contributed by atoms with van der Waals surface area (Å²) in [7, 11) is 1.91. The van der Waals surface area contributed by atoms with Gasteiger partial charge in [-0.3, -0.25) is 0 Å². The number of nitrogens with one attached hydrogen (secondary N) is 2. The molecule has 0 aliphatic heterocycles. The van der Waals surface area contributed by atoms with Gasteiger partial charge in [-0.1, -0.05) is 23.7 Å². The minimum Gasteiger partial charge on any atom is -0.388 e. The van der Waals surface area contributed by atoms with Crippen LogP contribution in [-0.4, -0.2) is 7.05 Å². The lowest BCUT2D eigenvalue weighted by molar-refractivity contribution is 1.37. The lowest BCUT2D eigenvalue weighted by atomic mass is 10.1. The third-order valence-corrected chi connectivity index (χ3v) is 3.15. The molecule has 3 heteroatoms. The Bertz CT molecular complexity index is 541. The van der Waals surface area contributed by atoms with Crippen LogP contribution in [0.25, 0.3) is 0 Å². The molecule has 0 aliphatic rings. The predicted molar refractivity (Wildman–Crippen MR) is 80.2 cm³/mol. The lowest BCUT2D eigenvalue weighted by Crippen LogP contribution is -1.96. The van der Waals surface area contributed by atoms with Gasteiger partial charge in [0.25, 0.3) is 0 Å². The number of hydrogen-bond acceptors (Lipinski definition) is 2. The summed E-state index contributed by atoms with van der Waals surface area (Å²) in [5.41, 5.74) is 5.38. The molecule has 2 rings (SSSR count). The Morgan fingerprint density at radius 3 is 2.39 bits per heavy atom. The number of anilines is 3. The van der Waals surface area contributed by atoms with Gasteiger partial charge < -0.3 is 10.6 Å². The van der Waals surface area contributed by atoms with Gasteiger partial charge in [0.15, 0.2) is 0 Å². The number of aryl methyl sites for hydroxylation is 2. The van der Waals surface area contributed by atoms with Crippen molar-refractivity contribution in [2.75, 3.05) is 17.7 Å². The lowest BCUT2D eigenvalue weighted by Gasteiger charge is -2.13. The molecule has 0 heterocycles. The molecule has 0 aliphatic carbocycles. The van der Waals surface area contributed by atoms with Gasteiger partial charge in [0.1, 0.15) is 0 Å². The Kier molecular flexibility index (Phi) is 3.78. The summed E-state index contributed by atoms with van der Waals surface area (Å²) in [5, 5.41) is 7.24. The number of hydrogen-bond donors (Lipinski definition) is 2. The molecule has 2 N–H and O–H groups in total. The highest BCUT2D eigenvalue weighted by Gasteiger charge is 2.05. The van der Waals surface area contributed by atoms with E-state index in [9.17, 15) is 0 Å². The SMILES string of the molecule is CNc1cccc(Nc2c(C)cc(C)cc2Cl)c1. The molecule has 0 unspecified atom stereocenters. The maximum absolute atomic E-state index is 6.28. The second-order valence-electron chi connectivity index (χ2n) is 4.39. The minimum atomic E-state index is 0.752. The van der Waals surface area contributed by atoms with E-state index in [1.165, 1.54) is 5.56 Å². The van der Waals surface area contributed by atoms with Crippen molar-refractivity contribution in [3.63, 3.8) is 0 Å². The van der Waals surface area contributed by atoms with Gasteiger partial charge in [-0.2, -0.15) is 0 Å². The average molecular weight is 261 g/mol. The van der Waals surface area contributed by atoms with Gasteiger partial charge in [-0.15, -0.1) is 0 Å². The van der Waals surface area contributed by atoms with Crippen molar-refractivity contribution in [1.29, 1.82) is 0 Å². The summed E-state index contributed by atoms with van der Waals surface area (Å²) in [6, 6.07) is 12.2. The molecular formula is C15H17ClN2. The smallest absolute Gasteiger partial charge is 0.0646 e. The highest BCUT2D eigenvalue weighted by Crippen LogP contribution is 2.30. The van der Waals surface area contributed by atoms with Crippen LogP contribution in [0.3, 0.4) is 0 Å². The summed E-state index contributed by atoms with van der Waals surface area (Å²) in [4.78, 5) is 0. The monoisotopic (exact) mass is 260 g/mol. The molecule has 0 fully saturated rings. The third kappa shape index (κ3) is 2.77. The summed E-state index contributed by atoms with van der Waals surface area (Å²) in [6.45, 7) is 4.10. The van der Waals surface area contributed by atoms with E-state index in [0.717, 1.165) is 27.6 Å². The largest absolute Gasteiger partial charge is 0.388 e. The highest BCUT2D eigenvalue weighted by atomic mass is 35.5. The maximum atomic E-state index is 6.28. The molecule has 0 amide bonds. The molecule has 2 nitrogen and oxygen atoms in total. The fourth-order valence-corrected chi connectivity index (χ4v) is 2.34. The third-order valence-electron chi connectivity index (χ3n) is 2.85. The van der Waals surface area contributed by atoms with Crippen LogP contribution in [-0.2, 0) is 0 Å². The molecule has 2 aromatic carbocycles. The molecule has 0 aromatic heterocycles. The standard InChI is InChI=1S/C15H17ClN2/c1-10-7-11(2)15(14(16)8-10)18-13-6-4-5-12(9-13)17-3/h4-9,17-18H,1-3H3. The van der Waals surface area contributed by atoms with E-state index in [4.69, 9.17) is 11.6 Å². The molecule has 0 saturated heterocycles. The van der Waals surface area contributed by atoms with E-state index in [0.29, 0.717) is 0 Å². The van der Waals surface area contributed by atoms with E-state index in [-0.39, 0.29) is 0 Å². The predicted octanol–water partition coefficient (Wildman–Crippen LogP) is 4.74. The van der Waals surface area contributed by atoms with E-state index >= 15 is 0 Å². The first kappa shape index (κ1) is 12.8. The average Bonchev–Trinajstić information content (AvgIpc) is 2.34. The van der Waals surface area contributed by atoms with Crippen molar-refractivity contribution < 1.29 is 0 Å². The van der Waals surface area contributed by atoms with E-state index < -0.39 is 0 Å². The summed E-state index contributed by atoms with van der Waals surface area (Å²) in [6.07, 6.45) is 0. The van der Waals surface area contributed by atoms with Crippen LogP contribution in [0.5, 0.6) is 0 Å². The zero-order chi connectivity index (χ0) is 13.1. The van der Waals surface area contributed by atoms with Crippen molar-refractivity contribution in [3.8, 4) is 0 Å². The second-order valence-corrected chi connectivity index (χ2v) is 4.80. The molecule has 2 aromatic rings. The van der Waals surface area contributed by atoms with Crippen LogP contribution < -0.4 is 10.6 Å². The van der Waals surface area contributed by atoms with E-state index in [2.05, 4.69) is 29.7 Å². The summed E-state index contributed by atoms with van der Waals surface area (Å²) >= 11 is 6.28. The minimum absolute atomic E-state index is 0.752. The Morgan fingerprint density at radius 2 is 1.72 bits per heavy atom. The van der Waals surface area contributed by atoms with Crippen LogP contribution in [0, 0.1) is 13.8 Å². The van der Waals surface area contributed by atoms with Gasteiger partial charge in [0.2, 0.25) is 0 Å². The first-order valence-electron chi connectivity index (χ1n) is 5.92. The van der Waals surface area contributed by atoms with Gasteiger partial charge in [-0.05, 0) is 49.2 Å². The Balaban J connectivity index is 2.33. The number of halogens is 1. The number of benzene rings is 2. The van der Waals surface area contributed by atoms with Crippen LogP contribution in [0.1, 0.15) is 11.1 Å². The molecule has 18 heavy (non-hydrogen) atoms. The van der Waals surface area contributed by atoms with Gasteiger partial charge >= 0.3 is 0 Å². The van der Waals surface area contributed by atoms with Crippen LogP contribution in [0.15, 0.2) is 36.4 Å². The quantitative estimate of drug-likeness (QED) is 0.833. The normalized spacial score (nSPS) is 10.2. The summed E-state index contributed by atoms with van der Waals surface area (Å²) < 4.78 is 0. The van der Waals surface area contributed by atoms with Gasteiger partial charge in [0, 0.05) is 18.4 Å². The van der Waals surface area contributed by atoms with Gasteiger partial charge in [0.05, 0.1) is 10.7 Å². The van der Waals surface area contributed by atoms with E-state index in [1.54, 1.807) is 0 Å². The molecular weight excluding hydrogens is 244 g/mol. The van der Waals surface area contributed by atoms with Gasteiger partial charge in [-0.25, -0.2) is 0 Å². The Hall–Kier alpha value is -1.67. The fraction of sp³-hybridized carbons (Fsp3) is 0.200. The molecule has 0 saturated carbocycles.